The lowest BCUT2D eigenvalue weighted by atomic mass is 10.2. The van der Waals surface area contributed by atoms with E-state index in [0.717, 1.165) is 0 Å². The SMILES string of the molecule is CC1OC1c1n[nH]nc1[N+](=O)[O-]. The van der Waals surface area contributed by atoms with Crippen molar-refractivity contribution < 1.29 is 9.66 Å². The second kappa shape index (κ2) is 2.24. The van der Waals surface area contributed by atoms with Crippen molar-refractivity contribution in [2.24, 2.45) is 0 Å². The highest BCUT2D eigenvalue weighted by Gasteiger charge is 2.43. The van der Waals surface area contributed by atoms with Crippen LogP contribution in [0, 0.1) is 10.1 Å². The van der Waals surface area contributed by atoms with Gasteiger partial charge >= 0.3 is 5.82 Å². The van der Waals surface area contributed by atoms with E-state index in [2.05, 4.69) is 15.4 Å². The Hall–Kier alpha value is -1.50. The van der Waals surface area contributed by atoms with Gasteiger partial charge in [0.15, 0.2) is 5.69 Å². The van der Waals surface area contributed by atoms with Gasteiger partial charge in [0.05, 0.1) is 11.2 Å². The van der Waals surface area contributed by atoms with Crippen LogP contribution in [0.1, 0.15) is 18.7 Å². The highest BCUT2D eigenvalue weighted by Crippen LogP contribution is 2.39. The second-order valence-electron chi connectivity index (χ2n) is 2.55. The molecule has 2 rings (SSSR count). The third kappa shape index (κ3) is 0.944. The molecule has 0 aliphatic carbocycles. The van der Waals surface area contributed by atoms with Crippen LogP contribution in [0.2, 0.25) is 0 Å². The summed E-state index contributed by atoms with van der Waals surface area (Å²) in [6.07, 6.45) is -0.252. The number of nitrogens with one attached hydrogen (secondary N) is 1. The molecule has 2 heterocycles. The number of hydrogen-bond acceptors (Lipinski definition) is 5. The quantitative estimate of drug-likeness (QED) is 0.387. The fraction of sp³-hybridized carbons (Fsp3) is 0.600. The summed E-state index contributed by atoms with van der Waals surface area (Å²) in [5.74, 6) is -0.246. The fourth-order valence-electron chi connectivity index (χ4n) is 1.03. The van der Waals surface area contributed by atoms with Gasteiger partial charge in [-0.15, -0.1) is 10.3 Å². The molecule has 7 nitrogen and oxygen atoms in total. The van der Waals surface area contributed by atoms with Crippen LogP contribution >= 0.6 is 0 Å². The summed E-state index contributed by atoms with van der Waals surface area (Å²) in [6.45, 7) is 1.82. The van der Waals surface area contributed by atoms with Gasteiger partial charge in [-0.2, -0.15) is 0 Å². The Kier molecular flexibility index (Phi) is 1.34. The van der Waals surface area contributed by atoms with E-state index < -0.39 is 4.92 Å². The average molecular weight is 170 g/mol. The molecule has 1 aliphatic rings. The summed E-state index contributed by atoms with van der Waals surface area (Å²) >= 11 is 0. The maximum absolute atomic E-state index is 10.3. The van der Waals surface area contributed by atoms with Gasteiger partial charge in [-0.3, -0.25) is 0 Å². The second-order valence-corrected chi connectivity index (χ2v) is 2.55. The van der Waals surface area contributed by atoms with Crippen LogP contribution in [0.4, 0.5) is 5.82 Å². The third-order valence-electron chi connectivity index (χ3n) is 1.71. The molecular weight excluding hydrogens is 164 g/mol. The van der Waals surface area contributed by atoms with Gasteiger partial charge in [0.1, 0.15) is 6.10 Å². The molecule has 12 heavy (non-hydrogen) atoms. The van der Waals surface area contributed by atoms with Crippen molar-refractivity contribution in [2.75, 3.05) is 0 Å². The van der Waals surface area contributed by atoms with Crippen molar-refractivity contribution >= 4 is 5.82 Å². The van der Waals surface area contributed by atoms with Gasteiger partial charge in [0, 0.05) is 0 Å². The number of nitrogens with zero attached hydrogens (tertiary/aromatic N) is 3. The number of aromatic nitrogens is 3. The van der Waals surface area contributed by atoms with Gasteiger partial charge in [0.2, 0.25) is 0 Å². The first-order valence-corrected chi connectivity index (χ1v) is 3.40. The lowest BCUT2D eigenvalue weighted by Gasteiger charge is -1.87. The highest BCUT2D eigenvalue weighted by molar-refractivity contribution is 5.28. The number of ether oxygens (including phenoxy) is 1. The molecule has 1 saturated heterocycles. The summed E-state index contributed by atoms with van der Waals surface area (Å²) in [4.78, 5) is 9.77. The van der Waals surface area contributed by atoms with Gasteiger partial charge in [0.25, 0.3) is 0 Å². The van der Waals surface area contributed by atoms with E-state index in [-0.39, 0.29) is 23.7 Å². The zero-order valence-corrected chi connectivity index (χ0v) is 6.22. The van der Waals surface area contributed by atoms with Gasteiger partial charge in [-0.05, 0) is 11.8 Å². The van der Waals surface area contributed by atoms with E-state index in [4.69, 9.17) is 4.74 Å². The molecule has 0 amide bonds. The van der Waals surface area contributed by atoms with E-state index >= 15 is 0 Å². The van der Waals surface area contributed by atoms with Crippen molar-refractivity contribution in [1.29, 1.82) is 0 Å². The van der Waals surface area contributed by atoms with Crippen molar-refractivity contribution in [3.63, 3.8) is 0 Å². The van der Waals surface area contributed by atoms with Crippen molar-refractivity contribution in [1.82, 2.24) is 15.4 Å². The molecule has 1 N–H and O–H groups in total. The normalized spacial score (nSPS) is 27.1. The molecule has 1 aromatic rings. The van der Waals surface area contributed by atoms with Crippen LogP contribution in [0.5, 0.6) is 0 Å². The Bertz CT molecular complexity index is 322. The van der Waals surface area contributed by atoms with E-state index in [1.54, 1.807) is 0 Å². The van der Waals surface area contributed by atoms with E-state index in [0.29, 0.717) is 0 Å². The largest absolute Gasteiger partial charge is 0.416 e. The number of rotatable bonds is 2. The lowest BCUT2D eigenvalue weighted by molar-refractivity contribution is -0.390. The first kappa shape index (κ1) is 7.17. The Labute approximate surface area is 66.9 Å². The molecular formula is C5H6N4O3. The Morgan fingerprint density at radius 1 is 1.67 bits per heavy atom. The first-order valence-electron chi connectivity index (χ1n) is 3.40. The predicted octanol–water partition coefficient (Wildman–Crippen LogP) is 0.173. The molecule has 1 fully saturated rings. The van der Waals surface area contributed by atoms with Crippen molar-refractivity contribution in [3.05, 3.63) is 15.8 Å². The molecule has 1 aromatic heterocycles. The Morgan fingerprint density at radius 2 is 2.33 bits per heavy atom. The predicted molar refractivity (Wildman–Crippen MR) is 36.3 cm³/mol. The molecule has 1 aliphatic heterocycles. The summed E-state index contributed by atoms with van der Waals surface area (Å²) in [5, 5.41) is 19.6. The zero-order valence-electron chi connectivity index (χ0n) is 6.22. The minimum atomic E-state index is -0.576. The smallest absolute Gasteiger partial charge is 0.363 e. The number of hydrogen-bond donors (Lipinski definition) is 1. The third-order valence-corrected chi connectivity index (χ3v) is 1.71. The topological polar surface area (TPSA) is 97.2 Å². The summed E-state index contributed by atoms with van der Waals surface area (Å²) < 4.78 is 5.03. The van der Waals surface area contributed by atoms with E-state index in [1.165, 1.54) is 0 Å². The number of H-pyrrole nitrogens is 1. The van der Waals surface area contributed by atoms with Crippen molar-refractivity contribution in [2.45, 2.75) is 19.1 Å². The molecule has 0 saturated carbocycles. The average Bonchev–Trinajstić information content (AvgIpc) is 2.58. The molecule has 0 radical (unpaired) electrons. The molecule has 64 valence electrons. The molecule has 0 spiro atoms. The van der Waals surface area contributed by atoms with Gasteiger partial charge in [-0.1, -0.05) is 0 Å². The lowest BCUT2D eigenvalue weighted by Crippen LogP contribution is -1.94. The Balaban J connectivity index is 2.31. The van der Waals surface area contributed by atoms with E-state index in [9.17, 15) is 10.1 Å². The van der Waals surface area contributed by atoms with Crippen LogP contribution in [-0.2, 0) is 4.74 Å². The Morgan fingerprint density at radius 3 is 2.83 bits per heavy atom. The van der Waals surface area contributed by atoms with Crippen LogP contribution < -0.4 is 0 Å². The maximum atomic E-state index is 10.3. The zero-order chi connectivity index (χ0) is 8.72. The standard InChI is InChI=1S/C5H6N4O3/c1-2-4(12-2)3-5(9(10)11)7-8-6-3/h2,4H,1H3,(H,6,7,8). The van der Waals surface area contributed by atoms with Gasteiger partial charge in [-0.25, -0.2) is 0 Å². The monoisotopic (exact) mass is 170 g/mol. The maximum Gasteiger partial charge on any atom is 0.416 e. The highest BCUT2D eigenvalue weighted by atomic mass is 16.6. The number of aromatic amines is 1. The summed E-state index contributed by atoms with van der Waals surface area (Å²) in [6, 6.07) is 0. The van der Waals surface area contributed by atoms with Gasteiger partial charge < -0.3 is 14.9 Å². The molecule has 0 bridgehead atoms. The molecule has 2 atom stereocenters. The van der Waals surface area contributed by atoms with Crippen LogP contribution in [0.3, 0.4) is 0 Å². The van der Waals surface area contributed by atoms with Crippen LogP contribution in [-0.4, -0.2) is 26.4 Å². The summed E-state index contributed by atoms with van der Waals surface area (Å²) in [5.41, 5.74) is 0.285. The van der Waals surface area contributed by atoms with E-state index in [1.807, 2.05) is 6.92 Å². The number of nitro groups is 1. The minimum absolute atomic E-state index is 0.00815. The minimum Gasteiger partial charge on any atom is -0.363 e. The number of epoxide rings is 1. The molecule has 2 unspecified atom stereocenters. The molecule has 7 heteroatoms. The fourth-order valence-corrected chi connectivity index (χ4v) is 1.03. The van der Waals surface area contributed by atoms with Crippen LogP contribution in [0.25, 0.3) is 0 Å². The first-order chi connectivity index (χ1) is 5.70. The molecule has 0 aromatic carbocycles. The van der Waals surface area contributed by atoms with Crippen molar-refractivity contribution in [3.8, 4) is 0 Å². The van der Waals surface area contributed by atoms with Crippen LogP contribution in [0.15, 0.2) is 0 Å². The summed E-state index contributed by atoms with van der Waals surface area (Å²) in [7, 11) is 0.